The van der Waals surface area contributed by atoms with Crippen LogP contribution in [0.3, 0.4) is 0 Å². The van der Waals surface area contributed by atoms with E-state index >= 15 is 0 Å². The molecule has 2 aromatic carbocycles. The van der Waals surface area contributed by atoms with Crippen molar-refractivity contribution in [1.29, 1.82) is 0 Å². The van der Waals surface area contributed by atoms with E-state index in [9.17, 15) is 19.7 Å². The summed E-state index contributed by atoms with van der Waals surface area (Å²) in [6.45, 7) is 0. The molecular weight excluding hydrogens is 310 g/mol. The van der Waals surface area contributed by atoms with E-state index in [4.69, 9.17) is 0 Å². The van der Waals surface area contributed by atoms with Crippen molar-refractivity contribution in [2.45, 2.75) is 0 Å². The number of imide groups is 1. The highest BCUT2D eigenvalue weighted by Gasteiger charge is 2.42. The summed E-state index contributed by atoms with van der Waals surface area (Å²) in [5.74, 6) is -1.29. The minimum Gasteiger partial charge on any atom is -0.268 e. The van der Waals surface area contributed by atoms with E-state index in [1.807, 2.05) is 12.1 Å². The summed E-state index contributed by atoms with van der Waals surface area (Å²) >= 11 is 0. The Labute approximate surface area is 135 Å². The number of nitro groups is 1. The average molecular weight is 319 g/mol. The van der Waals surface area contributed by atoms with Gasteiger partial charge in [0.1, 0.15) is 5.56 Å². The molecular formula is C17H9N3O4. The molecule has 0 saturated heterocycles. The second-order valence-corrected chi connectivity index (χ2v) is 5.25. The lowest BCUT2D eigenvalue weighted by Crippen LogP contribution is -2.29. The smallest absolute Gasteiger partial charge is 0.268 e. The van der Waals surface area contributed by atoms with Gasteiger partial charge in [-0.05, 0) is 18.2 Å². The van der Waals surface area contributed by atoms with E-state index in [0.717, 1.165) is 10.3 Å². The third-order valence-corrected chi connectivity index (χ3v) is 3.94. The zero-order valence-corrected chi connectivity index (χ0v) is 12.2. The quantitative estimate of drug-likeness (QED) is 0.411. The molecule has 3 aromatic rings. The van der Waals surface area contributed by atoms with Crippen molar-refractivity contribution in [1.82, 2.24) is 4.98 Å². The minimum absolute atomic E-state index is 0.0298. The lowest BCUT2D eigenvalue weighted by molar-refractivity contribution is -0.385. The largest absolute Gasteiger partial charge is 0.283 e. The molecule has 0 bridgehead atoms. The number of pyridine rings is 1. The van der Waals surface area contributed by atoms with Gasteiger partial charge in [-0.3, -0.25) is 24.7 Å². The molecule has 7 heteroatoms. The molecule has 0 radical (unpaired) electrons. The highest BCUT2D eigenvalue weighted by Crippen LogP contribution is 2.36. The van der Waals surface area contributed by atoms with E-state index in [-0.39, 0.29) is 16.8 Å². The van der Waals surface area contributed by atoms with E-state index in [1.54, 1.807) is 24.4 Å². The summed E-state index contributed by atoms with van der Waals surface area (Å²) in [4.78, 5) is 41.1. The zero-order chi connectivity index (χ0) is 16.8. The van der Waals surface area contributed by atoms with Gasteiger partial charge in [0.15, 0.2) is 0 Å². The van der Waals surface area contributed by atoms with Crippen LogP contribution in [0.5, 0.6) is 0 Å². The zero-order valence-electron chi connectivity index (χ0n) is 12.2. The van der Waals surface area contributed by atoms with Crippen molar-refractivity contribution in [3.8, 4) is 0 Å². The topological polar surface area (TPSA) is 93.4 Å². The summed E-state index contributed by atoms with van der Waals surface area (Å²) in [6, 6.07) is 12.7. The normalized spacial score (nSPS) is 13.4. The Morgan fingerprint density at radius 3 is 2.50 bits per heavy atom. The van der Waals surface area contributed by atoms with Gasteiger partial charge in [-0.15, -0.1) is 0 Å². The first-order valence-corrected chi connectivity index (χ1v) is 7.09. The van der Waals surface area contributed by atoms with Crippen LogP contribution >= 0.6 is 0 Å². The molecule has 116 valence electrons. The van der Waals surface area contributed by atoms with Gasteiger partial charge in [-0.2, -0.15) is 0 Å². The number of hydrogen-bond donors (Lipinski definition) is 0. The fourth-order valence-electron chi connectivity index (χ4n) is 2.91. The second-order valence-electron chi connectivity index (χ2n) is 5.25. The Balaban J connectivity index is 1.95. The predicted molar refractivity (Wildman–Crippen MR) is 86.0 cm³/mol. The highest BCUT2D eigenvalue weighted by atomic mass is 16.6. The van der Waals surface area contributed by atoms with E-state index < -0.39 is 16.7 Å². The number of hydrogen-bond acceptors (Lipinski definition) is 5. The maximum Gasteiger partial charge on any atom is 0.283 e. The van der Waals surface area contributed by atoms with Crippen LogP contribution in [-0.2, 0) is 0 Å². The van der Waals surface area contributed by atoms with E-state index in [2.05, 4.69) is 4.98 Å². The third-order valence-electron chi connectivity index (χ3n) is 3.94. The average Bonchev–Trinajstić information content (AvgIpc) is 2.85. The van der Waals surface area contributed by atoms with Crippen molar-refractivity contribution in [3.63, 3.8) is 0 Å². The minimum atomic E-state index is -0.708. The maximum atomic E-state index is 12.7. The standard InChI is InChI=1S/C17H9N3O4/c21-16-11-6-2-7-12(20(23)24)14(11)17(22)19(16)13-8-1-4-10-5-3-9-18-15(10)13/h1-9H. The Hall–Kier alpha value is -3.61. The lowest BCUT2D eigenvalue weighted by Gasteiger charge is -2.15. The van der Waals surface area contributed by atoms with Gasteiger partial charge in [0, 0.05) is 17.6 Å². The van der Waals surface area contributed by atoms with Crippen LogP contribution in [0.1, 0.15) is 20.7 Å². The number of amides is 2. The van der Waals surface area contributed by atoms with Gasteiger partial charge in [-0.1, -0.05) is 24.3 Å². The van der Waals surface area contributed by atoms with Gasteiger partial charge in [0.2, 0.25) is 0 Å². The molecule has 0 unspecified atom stereocenters. The van der Waals surface area contributed by atoms with Crippen LogP contribution in [0.2, 0.25) is 0 Å². The van der Waals surface area contributed by atoms with Crippen LogP contribution in [0.25, 0.3) is 10.9 Å². The molecule has 0 spiro atoms. The first-order valence-electron chi connectivity index (χ1n) is 7.09. The van der Waals surface area contributed by atoms with Crippen molar-refractivity contribution in [3.05, 3.63) is 76.0 Å². The van der Waals surface area contributed by atoms with Crippen LogP contribution < -0.4 is 4.90 Å². The molecule has 2 amide bonds. The molecule has 0 atom stereocenters. The van der Waals surface area contributed by atoms with Crippen molar-refractivity contribution < 1.29 is 14.5 Å². The highest BCUT2D eigenvalue weighted by molar-refractivity contribution is 6.37. The molecule has 0 aliphatic carbocycles. The number of carbonyl (C=O) groups is 2. The first kappa shape index (κ1) is 14.0. The van der Waals surface area contributed by atoms with Crippen LogP contribution in [0, 0.1) is 10.1 Å². The number of benzene rings is 2. The lowest BCUT2D eigenvalue weighted by atomic mass is 10.1. The molecule has 1 aliphatic rings. The number of nitro benzene ring substituents is 1. The Morgan fingerprint density at radius 2 is 1.71 bits per heavy atom. The number of rotatable bonds is 2. The van der Waals surface area contributed by atoms with Gasteiger partial charge in [0.25, 0.3) is 17.5 Å². The van der Waals surface area contributed by atoms with Gasteiger partial charge < -0.3 is 0 Å². The Kier molecular flexibility index (Phi) is 2.89. The van der Waals surface area contributed by atoms with Crippen molar-refractivity contribution in [2.75, 3.05) is 4.90 Å². The molecule has 0 fully saturated rings. The van der Waals surface area contributed by atoms with Crippen LogP contribution in [-0.4, -0.2) is 21.7 Å². The Bertz CT molecular complexity index is 1040. The number of nitrogens with zero attached hydrogens (tertiary/aromatic N) is 3. The summed E-state index contributed by atoms with van der Waals surface area (Å²) in [7, 11) is 0. The monoisotopic (exact) mass is 319 g/mol. The van der Waals surface area contributed by atoms with Gasteiger partial charge in [-0.25, -0.2) is 4.90 Å². The number of carbonyl (C=O) groups excluding carboxylic acids is 2. The van der Waals surface area contributed by atoms with Crippen LogP contribution in [0.15, 0.2) is 54.7 Å². The molecule has 7 nitrogen and oxygen atoms in total. The number of anilines is 1. The van der Waals surface area contributed by atoms with Crippen molar-refractivity contribution in [2.24, 2.45) is 0 Å². The molecule has 0 N–H and O–H groups in total. The first-order chi connectivity index (χ1) is 11.6. The fraction of sp³-hybridized carbons (Fsp3) is 0. The number of fused-ring (bicyclic) bond motifs is 2. The predicted octanol–water partition coefficient (Wildman–Crippen LogP) is 2.94. The van der Waals surface area contributed by atoms with Gasteiger partial charge >= 0.3 is 0 Å². The molecule has 4 rings (SSSR count). The fourth-order valence-corrected chi connectivity index (χ4v) is 2.91. The molecule has 1 aliphatic heterocycles. The van der Waals surface area contributed by atoms with Crippen LogP contribution in [0.4, 0.5) is 11.4 Å². The summed E-state index contributed by atoms with van der Waals surface area (Å²) < 4.78 is 0. The van der Waals surface area contributed by atoms with Gasteiger partial charge in [0.05, 0.1) is 21.7 Å². The van der Waals surface area contributed by atoms with Crippen molar-refractivity contribution >= 4 is 34.1 Å². The van der Waals surface area contributed by atoms with E-state index in [1.165, 1.54) is 18.2 Å². The molecule has 2 heterocycles. The second kappa shape index (κ2) is 4.95. The van der Waals surface area contributed by atoms with E-state index in [0.29, 0.717) is 11.2 Å². The Morgan fingerprint density at radius 1 is 0.958 bits per heavy atom. The third kappa shape index (κ3) is 1.81. The summed E-state index contributed by atoms with van der Waals surface area (Å²) in [6.07, 6.45) is 1.56. The number of para-hydroxylation sites is 1. The molecule has 24 heavy (non-hydrogen) atoms. The summed E-state index contributed by atoms with van der Waals surface area (Å²) in [5.41, 5.74) is 0.273. The molecule has 1 aromatic heterocycles. The summed E-state index contributed by atoms with van der Waals surface area (Å²) in [5, 5.41) is 11.9. The number of aromatic nitrogens is 1. The maximum absolute atomic E-state index is 12.7. The SMILES string of the molecule is O=C1c2cccc([N+](=O)[O-])c2C(=O)N1c1cccc2cccnc12. The molecule has 0 saturated carbocycles.